The summed E-state index contributed by atoms with van der Waals surface area (Å²) in [7, 11) is 3.73. The Balaban J connectivity index is 2.28. The van der Waals surface area contributed by atoms with Gasteiger partial charge >= 0.3 is 0 Å². The highest BCUT2D eigenvalue weighted by atomic mass is 16.2. The van der Waals surface area contributed by atoms with Crippen LogP contribution >= 0.6 is 0 Å². The molecular formula is C14H20N4O. The Bertz CT molecular complexity index is 427. The fourth-order valence-corrected chi connectivity index (χ4v) is 1.70. The Kier molecular flexibility index (Phi) is 6.55. The van der Waals surface area contributed by atoms with E-state index in [-0.39, 0.29) is 5.91 Å². The monoisotopic (exact) mass is 260 g/mol. The number of carbonyl (C=O) groups is 1. The highest BCUT2D eigenvalue weighted by Gasteiger charge is 2.09. The van der Waals surface area contributed by atoms with Gasteiger partial charge in [-0.3, -0.25) is 9.78 Å². The van der Waals surface area contributed by atoms with E-state index in [9.17, 15) is 4.79 Å². The van der Waals surface area contributed by atoms with E-state index in [1.165, 1.54) is 5.56 Å². The van der Waals surface area contributed by atoms with E-state index in [1.54, 1.807) is 24.3 Å². The minimum atomic E-state index is 0.0804. The molecule has 5 heteroatoms. The van der Waals surface area contributed by atoms with E-state index in [1.807, 2.05) is 25.2 Å². The maximum absolute atomic E-state index is 11.8. The largest absolute Gasteiger partial charge is 0.345 e. The van der Waals surface area contributed by atoms with Crippen molar-refractivity contribution >= 4 is 5.91 Å². The number of pyridine rings is 1. The number of amides is 1. The smallest absolute Gasteiger partial charge is 0.223 e. The summed E-state index contributed by atoms with van der Waals surface area (Å²) in [6.45, 7) is 2.01. The number of hydrogen-bond donors (Lipinski definition) is 0. The van der Waals surface area contributed by atoms with E-state index in [2.05, 4.69) is 9.88 Å². The minimum Gasteiger partial charge on any atom is -0.345 e. The van der Waals surface area contributed by atoms with Crippen LogP contribution in [0, 0.1) is 11.3 Å². The Hall–Kier alpha value is -1.93. The van der Waals surface area contributed by atoms with Gasteiger partial charge in [0.15, 0.2) is 0 Å². The lowest BCUT2D eigenvalue weighted by Crippen LogP contribution is -2.31. The molecule has 1 aromatic heterocycles. The van der Waals surface area contributed by atoms with Crippen molar-refractivity contribution in [2.24, 2.45) is 0 Å². The lowest BCUT2D eigenvalue weighted by Gasteiger charge is -2.19. The summed E-state index contributed by atoms with van der Waals surface area (Å²) in [5.74, 6) is 0.0804. The first-order chi connectivity index (χ1) is 9.13. The van der Waals surface area contributed by atoms with E-state index < -0.39 is 0 Å². The quantitative estimate of drug-likeness (QED) is 0.741. The van der Waals surface area contributed by atoms with Crippen molar-refractivity contribution in [3.05, 3.63) is 30.1 Å². The van der Waals surface area contributed by atoms with Crippen molar-refractivity contribution < 1.29 is 4.79 Å². The summed E-state index contributed by atoms with van der Waals surface area (Å²) in [5, 5.41) is 8.48. The number of aromatic nitrogens is 1. The minimum absolute atomic E-state index is 0.0804. The molecular weight excluding hydrogens is 240 g/mol. The van der Waals surface area contributed by atoms with E-state index in [4.69, 9.17) is 5.26 Å². The summed E-state index contributed by atoms with van der Waals surface area (Å²) in [6.07, 6.45) is 4.40. The first kappa shape index (κ1) is 15.1. The number of rotatable bonds is 7. The van der Waals surface area contributed by atoms with E-state index in [0.29, 0.717) is 25.9 Å². The summed E-state index contributed by atoms with van der Waals surface area (Å²) in [5.41, 5.74) is 1.18. The van der Waals surface area contributed by atoms with Crippen LogP contribution in [0.2, 0.25) is 0 Å². The van der Waals surface area contributed by atoms with Crippen molar-refractivity contribution in [2.75, 3.05) is 27.2 Å². The molecule has 0 fully saturated rings. The fraction of sp³-hybridized carbons (Fsp3) is 0.500. The topological polar surface area (TPSA) is 60.2 Å². The predicted molar refractivity (Wildman–Crippen MR) is 73.1 cm³/mol. The summed E-state index contributed by atoms with van der Waals surface area (Å²) < 4.78 is 0. The number of nitrogens with zero attached hydrogens (tertiary/aromatic N) is 4. The van der Waals surface area contributed by atoms with Gasteiger partial charge in [-0.1, -0.05) is 0 Å². The number of hydrogen-bond acceptors (Lipinski definition) is 4. The third kappa shape index (κ3) is 5.98. The molecule has 0 saturated carbocycles. The highest BCUT2D eigenvalue weighted by molar-refractivity contribution is 5.76. The van der Waals surface area contributed by atoms with Crippen LogP contribution in [0.3, 0.4) is 0 Å². The molecule has 1 rings (SSSR count). The first-order valence-electron chi connectivity index (χ1n) is 6.32. The third-order valence-corrected chi connectivity index (χ3v) is 2.89. The normalized spacial score (nSPS) is 10.2. The zero-order chi connectivity index (χ0) is 14.1. The molecule has 0 N–H and O–H groups in total. The van der Waals surface area contributed by atoms with Gasteiger partial charge in [0.2, 0.25) is 5.91 Å². The van der Waals surface area contributed by atoms with Crippen LogP contribution in [-0.4, -0.2) is 47.9 Å². The SMILES string of the molecule is CN(CCC(=O)N(C)CCC#N)Cc1ccncc1. The molecule has 0 aliphatic rings. The van der Waals surface area contributed by atoms with Crippen molar-refractivity contribution in [3.63, 3.8) is 0 Å². The lowest BCUT2D eigenvalue weighted by molar-refractivity contribution is -0.130. The van der Waals surface area contributed by atoms with Gasteiger partial charge in [-0.25, -0.2) is 0 Å². The lowest BCUT2D eigenvalue weighted by atomic mass is 10.2. The molecule has 0 bridgehead atoms. The molecule has 19 heavy (non-hydrogen) atoms. The third-order valence-electron chi connectivity index (χ3n) is 2.89. The highest BCUT2D eigenvalue weighted by Crippen LogP contribution is 2.02. The van der Waals surface area contributed by atoms with Crippen LogP contribution in [-0.2, 0) is 11.3 Å². The van der Waals surface area contributed by atoms with Gasteiger partial charge in [-0.2, -0.15) is 5.26 Å². The standard InChI is InChI=1S/C14H20N4O/c1-17(12-13-4-8-16-9-5-13)11-6-14(19)18(2)10-3-7-15/h4-5,8-9H,3,6,10-12H2,1-2H3. The molecule has 1 heterocycles. The molecule has 1 aromatic rings. The van der Waals surface area contributed by atoms with Crippen LogP contribution in [0.5, 0.6) is 0 Å². The van der Waals surface area contributed by atoms with Gasteiger partial charge in [0.25, 0.3) is 0 Å². The maximum atomic E-state index is 11.8. The number of carbonyl (C=O) groups excluding carboxylic acids is 1. The average molecular weight is 260 g/mol. The van der Waals surface area contributed by atoms with Crippen molar-refractivity contribution in [1.29, 1.82) is 5.26 Å². The fourth-order valence-electron chi connectivity index (χ4n) is 1.70. The molecule has 0 aliphatic carbocycles. The summed E-state index contributed by atoms with van der Waals surface area (Å²) >= 11 is 0. The zero-order valence-electron chi connectivity index (χ0n) is 11.5. The molecule has 0 aromatic carbocycles. The average Bonchev–Trinajstić information content (AvgIpc) is 2.43. The Morgan fingerprint density at radius 3 is 2.63 bits per heavy atom. The Morgan fingerprint density at radius 2 is 2.00 bits per heavy atom. The van der Waals surface area contributed by atoms with Crippen molar-refractivity contribution in [2.45, 2.75) is 19.4 Å². The van der Waals surface area contributed by atoms with Gasteiger partial charge in [0.1, 0.15) is 0 Å². The molecule has 0 aliphatic heterocycles. The van der Waals surface area contributed by atoms with Crippen LogP contribution < -0.4 is 0 Å². The molecule has 0 unspecified atom stereocenters. The zero-order valence-corrected chi connectivity index (χ0v) is 11.5. The molecule has 1 amide bonds. The van der Waals surface area contributed by atoms with Crippen LogP contribution in [0.1, 0.15) is 18.4 Å². The molecule has 5 nitrogen and oxygen atoms in total. The van der Waals surface area contributed by atoms with E-state index in [0.717, 1.165) is 6.54 Å². The van der Waals surface area contributed by atoms with Gasteiger partial charge in [0.05, 0.1) is 12.5 Å². The molecule has 0 atom stereocenters. The van der Waals surface area contributed by atoms with Crippen molar-refractivity contribution in [3.8, 4) is 6.07 Å². The maximum Gasteiger partial charge on any atom is 0.223 e. The molecule has 0 saturated heterocycles. The van der Waals surface area contributed by atoms with Crippen LogP contribution in [0.15, 0.2) is 24.5 Å². The Labute approximate surface area is 114 Å². The van der Waals surface area contributed by atoms with E-state index >= 15 is 0 Å². The second-order valence-electron chi connectivity index (χ2n) is 4.57. The van der Waals surface area contributed by atoms with Gasteiger partial charge in [0, 0.05) is 45.5 Å². The first-order valence-corrected chi connectivity index (χ1v) is 6.32. The predicted octanol–water partition coefficient (Wildman–Crippen LogP) is 1.28. The number of nitriles is 1. The Morgan fingerprint density at radius 1 is 1.32 bits per heavy atom. The second-order valence-corrected chi connectivity index (χ2v) is 4.57. The second kappa shape index (κ2) is 8.22. The van der Waals surface area contributed by atoms with Gasteiger partial charge in [-0.05, 0) is 24.7 Å². The summed E-state index contributed by atoms with van der Waals surface area (Å²) in [6, 6.07) is 5.98. The molecule has 102 valence electrons. The molecule has 0 spiro atoms. The van der Waals surface area contributed by atoms with Crippen molar-refractivity contribution in [1.82, 2.24) is 14.8 Å². The van der Waals surface area contributed by atoms with Gasteiger partial charge in [-0.15, -0.1) is 0 Å². The van der Waals surface area contributed by atoms with Gasteiger partial charge < -0.3 is 9.80 Å². The summed E-state index contributed by atoms with van der Waals surface area (Å²) in [4.78, 5) is 19.5. The van der Waals surface area contributed by atoms with Crippen LogP contribution in [0.4, 0.5) is 0 Å². The van der Waals surface area contributed by atoms with Crippen LogP contribution in [0.25, 0.3) is 0 Å². The molecule has 0 radical (unpaired) electrons.